The molecule has 0 spiro atoms. The molecule has 16 heavy (non-hydrogen) atoms. The molecule has 0 fully saturated rings. The van der Waals surface area contributed by atoms with E-state index in [1.165, 1.54) is 17.8 Å². The number of carbonyl (C=O) groups excluding carboxylic acids is 1. The van der Waals surface area contributed by atoms with Crippen molar-refractivity contribution in [2.24, 2.45) is 0 Å². The lowest BCUT2D eigenvalue weighted by molar-refractivity contribution is -0.115. The summed E-state index contributed by atoms with van der Waals surface area (Å²) in [6, 6.07) is 4.73. The molecule has 1 aliphatic rings. The number of anilines is 1. The number of fused-ring (bicyclic) bond motifs is 1. The first kappa shape index (κ1) is 11.0. The number of carboxylic acid groups (broad SMARTS) is 1. The van der Waals surface area contributed by atoms with Gasteiger partial charge in [-0.15, -0.1) is 11.8 Å². The molecule has 0 saturated carbocycles. The maximum absolute atomic E-state index is 11.6. The van der Waals surface area contributed by atoms with E-state index in [1.54, 1.807) is 12.1 Å². The summed E-state index contributed by atoms with van der Waals surface area (Å²) in [7, 11) is 0. The third-order valence-electron chi connectivity index (χ3n) is 2.42. The Morgan fingerprint density at radius 3 is 2.94 bits per heavy atom. The Kier molecular flexibility index (Phi) is 2.87. The van der Waals surface area contributed by atoms with Crippen LogP contribution in [0.5, 0.6) is 0 Å². The van der Waals surface area contributed by atoms with Crippen molar-refractivity contribution in [3.05, 3.63) is 23.8 Å². The van der Waals surface area contributed by atoms with Gasteiger partial charge in [-0.1, -0.05) is 6.92 Å². The lowest BCUT2D eigenvalue weighted by Gasteiger charge is -2.23. The fourth-order valence-corrected chi connectivity index (χ4v) is 2.63. The van der Waals surface area contributed by atoms with E-state index < -0.39 is 5.97 Å². The van der Waals surface area contributed by atoms with Gasteiger partial charge in [-0.25, -0.2) is 4.79 Å². The first-order chi connectivity index (χ1) is 7.61. The van der Waals surface area contributed by atoms with E-state index in [4.69, 9.17) is 5.11 Å². The summed E-state index contributed by atoms with van der Waals surface area (Å²) in [6.45, 7) is 1.93. The summed E-state index contributed by atoms with van der Waals surface area (Å²) >= 11 is 1.42. The van der Waals surface area contributed by atoms with Crippen LogP contribution in [0.15, 0.2) is 23.1 Å². The number of hydrogen-bond donors (Lipinski definition) is 2. The normalized spacial score (nSPS) is 18.8. The fourth-order valence-electron chi connectivity index (χ4n) is 1.54. The Labute approximate surface area is 97.0 Å². The molecule has 4 nitrogen and oxygen atoms in total. The summed E-state index contributed by atoms with van der Waals surface area (Å²) in [5.41, 5.74) is 0.946. The van der Waals surface area contributed by atoms with Gasteiger partial charge >= 0.3 is 5.97 Å². The van der Waals surface area contributed by atoms with E-state index >= 15 is 0 Å². The number of aromatic carboxylic acids is 1. The van der Waals surface area contributed by atoms with Gasteiger partial charge in [-0.2, -0.15) is 0 Å². The average molecular weight is 237 g/mol. The molecule has 1 heterocycles. The second-order valence-corrected chi connectivity index (χ2v) is 4.76. The molecular formula is C11H11NO3S. The standard InChI is InChI=1S/C11H11NO3S/c1-2-8-10(13)12-7-4-3-6(11(14)15)5-9(7)16-8/h3-5,8H,2H2,1H3,(H,12,13)(H,14,15). The van der Waals surface area contributed by atoms with E-state index in [0.717, 1.165) is 11.3 Å². The fraction of sp³-hybridized carbons (Fsp3) is 0.273. The minimum atomic E-state index is -0.951. The van der Waals surface area contributed by atoms with Crippen molar-refractivity contribution in [2.75, 3.05) is 5.32 Å². The van der Waals surface area contributed by atoms with Gasteiger partial charge in [0.25, 0.3) is 0 Å². The Balaban J connectivity index is 2.37. The number of hydrogen-bond acceptors (Lipinski definition) is 3. The van der Waals surface area contributed by atoms with E-state index in [9.17, 15) is 9.59 Å². The minimum absolute atomic E-state index is 0.0110. The molecule has 0 aromatic heterocycles. The molecule has 2 rings (SSSR count). The van der Waals surface area contributed by atoms with Gasteiger partial charge in [-0.05, 0) is 24.6 Å². The highest BCUT2D eigenvalue weighted by molar-refractivity contribution is 8.01. The van der Waals surface area contributed by atoms with Gasteiger partial charge in [-0.3, -0.25) is 4.79 Å². The maximum Gasteiger partial charge on any atom is 0.335 e. The molecule has 1 unspecified atom stereocenters. The number of amides is 1. The summed E-state index contributed by atoms with van der Waals surface area (Å²) in [6.07, 6.45) is 0.729. The van der Waals surface area contributed by atoms with Crippen LogP contribution in [0.1, 0.15) is 23.7 Å². The average Bonchev–Trinajstić information content (AvgIpc) is 2.27. The largest absolute Gasteiger partial charge is 0.478 e. The molecule has 0 aliphatic carbocycles. The van der Waals surface area contributed by atoms with Crippen LogP contribution in [-0.2, 0) is 4.79 Å². The molecule has 84 valence electrons. The SMILES string of the molecule is CCC1Sc2cc(C(=O)O)ccc2NC1=O. The zero-order valence-corrected chi connectivity index (χ0v) is 9.50. The Morgan fingerprint density at radius 1 is 1.56 bits per heavy atom. The molecule has 2 N–H and O–H groups in total. The lowest BCUT2D eigenvalue weighted by atomic mass is 10.2. The first-order valence-corrected chi connectivity index (χ1v) is 5.84. The van der Waals surface area contributed by atoms with E-state index in [2.05, 4.69) is 5.32 Å². The van der Waals surface area contributed by atoms with Crippen molar-refractivity contribution in [3.8, 4) is 0 Å². The zero-order chi connectivity index (χ0) is 11.7. The van der Waals surface area contributed by atoms with Crippen molar-refractivity contribution < 1.29 is 14.7 Å². The van der Waals surface area contributed by atoms with Gasteiger partial charge in [0.2, 0.25) is 5.91 Å². The third-order valence-corrected chi connectivity index (χ3v) is 3.84. The minimum Gasteiger partial charge on any atom is -0.478 e. The van der Waals surface area contributed by atoms with Crippen LogP contribution >= 0.6 is 11.8 Å². The number of thioether (sulfide) groups is 1. The van der Waals surface area contributed by atoms with Crippen molar-refractivity contribution in [1.29, 1.82) is 0 Å². The number of rotatable bonds is 2. The van der Waals surface area contributed by atoms with Gasteiger partial charge in [0.05, 0.1) is 16.5 Å². The zero-order valence-electron chi connectivity index (χ0n) is 8.69. The molecule has 1 aliphatic heterocycles. The second kappa shape index (κ2) is 4.17. The molecule has 0 saturated heterocycles. The van der Waals surface area contributed by atoms with Crippen molar-refractivity contribution in [1.82, 2.24) is 0 Å². The van der Waals surface area contributed by atoms with Crippen LogP contribution in [0.2, 0.25) is 0 Å². The van der Waals surface area contributed by atoms with Gasteiger partial charge < -0.3 is 10.4 Å². The highest BCUT2D eigenvalue weighted by Gasteiger charge is 2.25. The van der Waals surface area contributed by atoms with Crippen LogP contribution in [0.3, 0.4) is 0 Å². The van der Waals surface area contributed by atoms with E-state index in [-0.39, 0.29) is 16.7 Å². The lowest BCUT2D eigenvalue weighted by Crippen LogP contribution is -2.28. The maximum atomic E-state index is 11.6. The van der Waals surface area contributed by atoms with Gasteiger partial charge in [0, 0.05) is 4.90 Å². The van der Waals surface area contributed by atoms with E-state index in [0.29, 0.717) is 5.69 Å². The summed E-state index contributed by atoms with van der Waals surface area (Å²) in [4.78, 5) is 23.2. The van der Waals surface area contributed by atoms with Gasteiger partial charge in [0.1, 0.15) is 0 Å². The molecule has 0 radical (unpaired) electrons. The molecule has 1 aromatic rings. The Morgan fingerprint density at radius 2 is 2.31 bits per heavy atom. The molecule has 5 heteroatoms. The molecule has 1 aromatic carbocycles. The second-order valence-electron chi connectivity index (χ2n) is 3.52. The third kappa shape index (κ3) is 1.90. The molecular weight excluding hydrogens is 226 g/mol. The Hall–Kier alpha value is -1.49. The van der Waals surface area contributed by atoms with Crippen molar-refractivity contribution in [2.45, 2.75) is 23.5 Å². The predicted octanol–water partition coefficient (Wildman–Crippen LogP) is 2.21. The van der Waals surface area contributed by atoms with E-state index in [1.807, 2.05) is 6.92 Å². The topological polar surface area (TPSA) is 66.4 Å². The number of carboxylic acids is 1. The summed E-state index contributed by atoms with van der Waals surface area (Å²) < 4.78 is 0. The predicted molar refractivity (Wildman–Crippen MR) is 62.0 cm³/mol. The molecule has 0 bridgehead atoms. The van der Waals surface area contributed by atoms with Crippen LogP contribution in [0.4, 0.5) is 5.69 Å². The van der Waals surface area contributed by atoms with Crippen molar-refractivity contribution in [3.63, 3.8) is 0 Å². The van der Waals surface area contributed by atoms with Crippen molar-refractivity contribution >= 4 is 29.3 Å². The van der Waals surface area contributed by atoms with Crippen LogP contribution in [-0.4, -0.2) is 22.2 Å². The monoisotopic (exact) mass is 237 g/mol. The van der Waals surface area contributed by atoms with Crippen LogP contribution in [0, 0.1) is 0 Å². The smallest absolute Gasteiger partial charge is 0.335 e. The van der Waals surface area contributed by atoms with Crippen LogP contribution in [0.25, 0.3) is 0 Å². The van der Waals surface area contributed by atoms with Gasteiger partial charge in [0.15, 0.2) is 0 Å². The highest BCUT2D eigenvalue weighted by Crippen LogP contribution is 2.37. The number of benzene rings is 1. The number of nitrogens with one attached hydrogen (secondary N) is 1. The Bertz CT molecular complexity index is 459. The summed E-state index contributed by atoms with van der Waals surface area (Å²) in [5, 5.41) is 11.5. The summed E-state index contributed by atoms with van der Waals surface area (Å²) in [5.74, 6) is -0.962. The number of carbonyl (C=O) groups is 2. The van der Waals surface area contributed by atoms with Crippen LogP contribution < -0.4 is 5.32 Å². The highest BCUT2D eigenvalue weighted by atomic mass is 32.2. The quantitative estimate of drug-likeness (QED) is 0.827. The molecule has 1 amide bonds. The molecule has 1 atom stereocenters. The first-order valence-electron chi connectivity index (χ1n) is 4.96.